The van der Waals surface area contributed by atoms with Crippen LogP contribution in [0.15, 0.2) is 12.1 Å². The van der Waals surface area contributed by atoms with Gasteiger partial charge in [0.1, 0.15) is 6.61 Å². The average molecular weight is 226 g/mol. The van der Waals surface area contributed by atoms with Crippen molar-refractivity contribution in [3.8, 4) is 0 Å². The molecule has 0 aromatic carbocycles. The van der Waals surface area contributed by atoms with Crippen LogP contribution in [-0.4, -0.2) is 19.0 Å². The van der Waals surface area contributed by atoms with E-state index in [0.29, 0.717) is 12.5 Å². The molecule has 0 aliphatic heterocycles. The van der Waals surface area contributed by atoms with Crippen LogP contribution < -0.4 is 0 Å². The Labute approximate surface area is 95.3 Å². The molecule has 0 saturated carbocycles. The lowest BCUT2D eigenvalue weighted by molar-refractivity contribution is 0.0743. The van der Waals surface area contributed by atoms with Crippen LogP contribution in [0, 0.1) is 12.8 Å². The summed E-state index contributed by atoms with van der Waals surface area (Å²) in [6, 6.07) is 3.83. The number of ketones is 1. The van der Waals surface area contributed by atoms with Gasteiger partial charge in [-0.25, -0.2) is 0 Å². The molecule has 0 aliphatic rings. The molecule has 15 heavy (non-hydrogen) atoms. The number of thiophene rings is 1. The number of carbonyl (C=O) groups is 1. The lowest BCUT2D eigenvalue weighted by Crippen LogP contribution is -2.09. The zero-order valence-electron chi connectivity index (χ0n) is 9.58. The van der Waals surface area contributed by atoms with Crippen LogP contribution in [0.2, 0.25) is 0 Å². The molecule has 84 valence electrons. The van der Waals surface area contributed by atoms with Gasteiger partial charge in [0.15, 0.2) is 5.78 Å². The maximum Gasteiger partial charge on any atom is 0.198 e. The molecule has 0 fully saturated rings. The van der Waals surface area contributed by atoms with Gasteiger partial charge >= 0.3 is 0 Å². The molecule has 0 unspecified atom stereocenters. The first-order valence-electron chi connectivity index (χ1n) is 5.27. The monoisotopic (exact) mass is 226 g/mol. The summed E-state index contributed by atoms with van der Waals surface area (Å²) < 4.78 is 5.33. The Morgan fingerprint density at radius 2 is 2.20 bits per heavy atom. The molecule has 0 N–H and O–H groups in total. The number of carbonyl (C=O) groups excluding carboxylic acids is 1. The van der Waals surface area contributed by atoms with Gasteiger partial charge in [0.05, 0.1) is 4.88 Å². The molecule has 0 bridgehead atoms. The third-order valence-corrected chi connectivity index (χ3v) is 3.13. The van der Waals surface area contributed by atoms with Crippen molar-refractivity contribution in [3.63, 3.8) is 0 Å². The first kappa shape index (κ1) is 12.4. The minimum Gasteiger partial charge on any atom is -0.373 e. The topological polar surface area (TPSA) is 26.3 Å². The summed E-state index contributed by atoms with van der Waals surface area (Å²) in [6.45, 7) is 7.18. The van der Waals surface area contributed by atoms with Crippen LogP contribution in [0.5, 0.6) is 0 Å². The fourth-order valence-corrected chi connectivity index (χ4v) is 1.93. The van der Waals surface area contributed by atoms with Crippen molar-refractivity contribution < 1.29 is 9.53 Å². The highest BCUT2D eigenvalue weighted by Gasteiger charge is 2.07. The summed E-state index contributed by atoms with van der Waals surface area (Å²) in [7, 11) is 0. The first-order valence-corrected chi connectivity index (χ1v) is 6.08. The molecule has 0 atom stereocenters. The van der Waals surface area contributed by atoms with Crippen molar-refractivity contribution in [1.29, 1.82) is 0 Å². The van der Waals surface area contributed by atoms with Crippen LogP contribution in [0.1, 0.15) is 34.8 Å². The van der Waals surface area contributed by atoms with Crippen molar-refractivity contribution in [2.24, 2.45) is 5.92 Å². The van der Waals surface area contributed by atoms with Crippen LogP contribution in [0.3, 0.4) is 0 Å². The lowest BCUT2D eigenvalue weighted by atomic mass is 10.1. The van der Waals surface area contributed by atoms with E-state index in [1.807, 2.05) is 19.1 Å². The van der Waals surface area contributed by atoms with Gasteiger partial charge in [-0.3, -0.25) is 4.79 Å². The molecule has 0 amide bonds. The highest BCUT2D eigenvalue weighted by Crippen LogP contribution is 2.15. The van der Waals surface area contributed by atoms with E-state index in [1.165, 1.54) is 16.2 Å². The summed E-state index contributed by atoms with van der Waals surface area (Å²) in [5.41, 5.74) is 0. The Morgan fingerprint density at radius 1 is 1.47 bits per heavy atom. The Morgan fingerprint density at radius 3 is 2.73 bits per heavy atom. The Bertz CT molecular complexity index is 315. The quantitative estimate of drug-likeness (QED) is 0.549. The standard InChI is InChI=1S/C12H18O2S/c1-9(2)6-7-14-8-11(13)12-5-4-10(3)15-12/h4-5,9H,6-8H2,1-3H3. The number of hydrogen-bond donors (Lipinski definition) is 0. The minimum absolute atomic E-state index is 0.0943. The van der Waals surface area contributed by atoms with Crippen molar-refractivity contribution in [2.45, 2.75) is 27.2 Å². The van der Waals surface area contributed by atoms with Gasteiger partial charge in [-0.15, -0.1) is 11.3 Å². The number of hydrogen-bond acceptors (Lipinski definition) is 3. The van der Waals surface area contributed by atoms with E-state index in [4.69, 9.17) is 4.74 Å². The Hall–Kier alpha value is -0.670. The zero-order valence-corrected chi connectivity index (χ0v) is 10.4. The lowest BCUT2D eigenvalue weighted by Gasteiger charge is -2.04. The maximum atomic E-state index is 11.6. The first-order chi connectivity index (χ1) is 7.09. The molecule has 1 heterocycles. The molecule has 0 aliphatic carbocycles. The second-order valence-corrected chi connectivity index (χ2v) is 5.36. The van der Waals surface area contributed by atoms with E-state index >= 15 is 0 Å². The second kappa shape index (κ2) is 6.03. The highest BCUT2D eigenvalue weighted by atomic mass is 32.1. The second-order valence-electron chi connectivity index (χ2n) is 4.07. The molecular weight excluding hydrogens is 208 g/mol. The van der Waals surface area contributed by atoms with Gasteiger partial charge < -0.3 is 4.74 Å². The van der Waals surface area contributed by atoms with Gasteiger partial charge in [-0.2, -0.15) is 0 Å². The summed E-state index contributed by atoms with van der Waals surface area (Å²) >= 11 is 1.53. The van der Waals surface area contributed by atoms with E-state index < -0.39 is 0 Å². The van der Waals surface area contributed by atoms with Gasteiger partial charge in [-0.1, -0.05) is 13.8 Å². The minimum atomic E-state index is 0.0943. The molecular formula is C12H18O2S. The molecule has 1 aromatic rings. The van der Waals surface area contributed by atoms with E-state index in [2.05, 4.69) is 13.8 Å². The average Bonchev–Trinajstić information content (AvgIpc) is 2.59. The summed E-state index contributed by atoms with van der Waals surface area (Å²) in [5.74, 6) is 0.723. The van der Waals surface area contributed by atoms with Crippen LogP contribution >= 0.6 is 11.3 Å². The summed E-state index contributed by atoms with van der Waals surface area (Å²) in [5, 5.41) is 0. The van der Waals surface area contributed by atoms with Gasteiger partial charge in [0.2, 0.25) is 0 Å². The van der Waals surface area contributed by atoms with Gasteiger partial charge in [0, 0.05) is 11.5 Å². The predicted octanol–water partition coefficient (Wildman–Crippen LogP) is 3.30. The molecule has 0 spiro atoms. The number of Topliss-reactive ketones (excluding diaryl/α,β-unsaturated/α-hetero) is 1. The number of rotatable bonds is 6. The molecule has 2 nitrogen and oxygen atoms in total. The molecule has 1 aromatic heterocycles. The smallest absolute Gasteiger partial charge is 0.198 e. The van der Waals surface area contributed by atoms with Crippen LogP contribution in [-0.2, 0) is 4.74 Å². The van der Waals surface area contributed by atoms with Crippen LogP contribution in [0.4, 0.5) is 0 Å². The molecule has 3 heteroatoms. The molecule has 0 radical (unpaired) electrons. The maximum absolute atomic E-state index is 11.6. The van der Waals surface area contributed by atoms with Crippen LogP contribution in [0.25, 0.3) is 0 Å². The van der Waals surface area contributed by atoms with Crippen molar-refractivity contribution in [2.75, 3.05) is 13.2 Å². The third kappa shape index (κ3) is 4.58. The Balaban J connectivity index is 2.25. The highest BCUT2D eigenvalue weighted by molar-refractivity contribution is 7.14. The van der Waals surface area contributed by atoms with Crippen molar-refractivity contribution in [1.82, 2.24) is 0 Å². The normalized spacial score (nSPS) is 10.9. The number of aryl methyl sites for hydroxylation is 1. The third-order valence-electron chi connectivity index (χ3n) is 2.09. The van der Waals surface area contributed by atoms with Crippen molar-refractivity contribution >= 4 is 17.1 Å². The number of ether oxygens (including phenoxy) is 1. The van der Waals surface area contributed by atoms with Gasteiger partial charge in [0.25, 0.3) is 0 Å². The van der Waals surface area contributed by atoms with E-state index in [-0.39, 0.29) is 12.4 Å². The van der Waals surface area contributed by atoms with E-state index in [0.717, 1.165) is 11.3 Å². The summed E-state index contributed by atoms with van der Waals surface area (Å²) in [6.07, 6.45) is 1.01. The van der Waals surface area contributed by atoms with E-state index in [1.54, 1.807) is 0 Å². The van der Waals surface area contributed by atoms with E-state index in [9.17, 15) is 4.79 Å². The summed E-state index contributed by atoms with van der Waals surface area (Å²) in [4.78, 5) is 13.6. The molecule has 0 saturated heterocycles. The fraction of sp³-hybridized carbons (Fsp3) is 0.583. The van der Waals surface area contributed by atoms with Gasteiger partial charge in [-0.05, 0) is 31.4 Å². The van der Waals surface area contributed by atoms with Crippen molar-refractivity contribution in [3.05, 3.63) is 21.9 Å². The zero-order chi connectivity index (χ0) is 11.3. The Kier molecular flexibility index (Phi) is 4.99. The fourth-order valence-electron chi connectivity index (χ4n) is 1.14. The largest absolute Gasteiger partial charge is 0.373 e. The SMILES string of the molecule is Cc1ccc(C(=O)COCCC(C)C)s1. The predicted molar refractivity (Wildman–Crippen MR) is 63.7 cm³/mol. The molecule has 1 rings (SSSR count).